The van der Waals surface area contributed by atoms with E-state index in [1.807, 2.05) is 78.7 Å². The van der Waals surface area contributed by atoms with Crippen LogP contribution in [-0.4, -0.2) is 54.5 Å². The third-order valence-corrected chi connectivity index (χ3v) is 7.46. The summed E-state index contributed by atoms with van der Waals surface area (Å²) in [7, 11) is -2.18. The monoisotopic (exact) mass is 554 g/mol. The van der Waals surface area contributed by atoms with Crippen LogP contribution < -0.4 is 9.62 Å². The number of hydrogen-bond acceptors (Lipinski definition) is 9. The van der Waals surface area contributed by atoms with Gasteiger partial charge in [-0.25, -0.2) is 23.4 Å². The molecule has 0 radical (unpaired) electrons. The molecule has 202 valence electrons. The number of hydrogen-bond donors (Lipinski definition) is 1. The summed E-state index contributed by atoms with van der Waals surface area (Å²) < 4.78 is 32.8. The van der Waals surface area contributed by atoms with E-state index < -0.39 is 22.5 Å². The molecule has 2 aromatic carbocycles. The van der Waals surface area contributed by atoms with Gasteiger partial charge < -0.3 is 9.64 Å². The highest BCUT2D eigenvalue weighted by molar-refractivity contribution is 7.89. The van der Waals surface area contributed by atoms with E-state index >= 15 is 0 Å². The Kier molecular flexibility index (Phi) is 7.76. The smallest absolute Gasteiger partial charge is 0.321 e. The summed E-state index contributed by atoms with van der Waals surface area (Å²) in [6.45, 7) is 1.30. The molecule has 40 heavy (non-hydrogen) atoms. The van der Waals surface area contributed by atoms with Gasteiger partial charge in [0.1, 0.15) is 23.1 Å². The van der Waals surface area contributed by atoms with Gasteiger partial charge in [0.2, 0.25) is 10.0 Å². The zero-order chi connectivity index (χ0) is 28.1. The van der Waals surface area contributed by atoms with Crippen LogP contribution in [0.5, 0.6) is 0 Å². The summed E-state index contributed by atoms with van der Waals surface area (Å²) in [5, 5.41) is 0.818. The average molecular weight is 555 g/mol. The number of pyridine rings is 2. The Morgan fingerprint density at radius 3 is 2.50 bits per heavy atom. The van der Waals surface area contributed by atoms with Crippen molar-refractivity contribution in [3.63, 3.8) is 0 Å². The summed E-state index contributed by atoms with van der Waals surface area (Å²) >= 11 is 0. The number of rotatable bonds is 9. The molecule has 0 fully saturated rings. The van der Waals surface area contributed by atoms with Gasteiger partial charge in [0.25, 0.3) is 0 Å². The SMILES string of the molecule is CCOC(=O)CNS(=O)(=O)c1cncc(-c2nc(N(C)c3ccccn3)c3c(-c4ccccc4)cccc3n2)c1. The number of sulfonamides is 1. The minimum Gasteiger partial charge on any atom is -0.465 e. The van der Waals surface area contributed by atoms with Crippen molar-refractivity contribution in [2.24, 2.45) is 0 Å². The van der Waals surface area contributed by atoms with Crippen molar-refractivity contribution in [3.05, 3.63) is 91.4 Å². The Labute approximate surface area is 231 Å². The van der Waals surface area contributed by atoms with E-state index in [-0.39, 0.29) is 17.3 Å². The molecule has 0 bridgehead atoms. The molecule has 0 amide bonds. The van der Waals surface area contributed by atoms with Crippen molar-refractivity contribution in [1.82, 2.24) is 24.7 Å². The molecule has 10 nitrogen and oxygen atoms in total. The predicted octanol–water partition coefficient (Wildman–Crippen LogP) is 4.36. The van der Waals surface area contributed by atoms with Crippen molar-refractivity contribution in [3.8, 4) is 22.5 Å². The Morgan fingerprint density at radius 1 is 0.950 bits per heavy atom. The molecule has 0 spiro atoms. The van der Waals surface area contributed by atoms with Gasteiger partial charge in [-0.2, -0.15) is 4.72 Å². The third kappa shape index (κ3) is 5.65. The molecular weight excluding hydrogens is 528 g/mol. The van der Waals surface area contributed by atoms with E-state index in [1.165, 1.54) is 18.5 Å². The lowest BCUT2D eigenvalue weighted by molar-refractivity contribution is -0.141. The van der Waals surface area contributed by atoms with Crippen LogP contribution in [0, 0.1) is 0 Å². The van der Waals surface area contributed by atoms with E-state index in [0.717, 1.165) is 16.5 Å². The molecule has 5 aromatic rings. The number of carbonyl (C=O) groups is 1. The van der Waals surface area contributed by atoms with Crippen LogP contribution in [-0.2, 0) is 19.6 Å². The summed E-state index contributed by atoms with van der Waals surface area (Å²) in [6.07, 6.45) is 4.40. The van der Waals surface area contributed by atoms with E-state index in [9.17, 15) is 13.2 Å². The highest BCUT2D eigenvalue weighted by Gasteiger charge is 2.21. The Morgan fingerprint density at radius 2 is 1.75 bits per heavy atom. The second-order valence-corrected chi connectivity index (χ2v) is 10.5. The minimum absolute atomic E-state index is 0.129. The zero-order valence-corrected chi connectivity index (χ0v) is 22.7. The summed E-state index contributed by atoms with van der Waals surface area (Å²) in [4.78, 5) is 31.7. The van der Waals surface area contributed by atoms with Gasteiger partial charge in [-0.3, -0.25) is 9.78 Å². The molecule has 3 aromatic heterocycles. The maximum atomic E-state index is 12.9. The van der Waals surface area contributed by atoms with Crippen LogP contribution in [0.2, 0.25) is 0 Å². The molecule has 0 aliphatic carbocycles. The first-order valence-electron chi connectivity index (χ1n) is 12.5. The molecule has 0 atom stereocenters. The minimum atomic E-state index is -4.05. The standard InChI is InChI=1S/C29H26N6O4S/c1-3-39-26(36)19-32-40(37,38)22-16-21(17-30-18-22)28-33-24-13-9-12-23(20-10-5-4-6-11-20)27(24)29(34-28)35(2)25-14-7-8-15-31-25/h4-18,32H,3,19H2,1-2H3. The lowest BCUT2D eigenvalue weighted by Crippen LogP contribution is -2.30. The molecular formula is C29H26N6O4S. The third-order valence-electron chi connectivity index (χ3n) is 6.09. The summed E-state index contributed by atoms with van der Waals surface area (Å²) in [5.74, 6) is 0.871. The van der Waals surface area contributed by atoms with Crippen LogP contribution in [0.15, 0.2) is 96.3 Å². The fraction of sp³-hybridized carbons (Fsp3) is 0.138. The van der Waals surface area contributed by atoms with Crippen molar-refractivity contribution in [1.29, 1.82) is 0 Å². The van der Waals surface area contributed by atoms with E-state index in [2.05, 4.69) is 14.7 Å². The highest BCUT2D eigenvalue weighted by atomic mass is 32.2. The second kappa shape index (κ2) is 11.6. The van der Waals surface area contributed by atoms with Crippen molar-refractivity contribution < 1.29 is 17.9 Å². The molecule has 3 heterocycles. The number of ether oxygens (including phenoxy) is 1. The van der Waals surface area contributed by atoms with Gasteiger partial charge in [-0.15, -0.1) is 0 Å². The van der Waals surface area contributed by atoms with Crippen LogP contribution >= 0.6 is 0 Å². The topological polar surface area (TPSA) is 127 Å². The van der Waals surface area contributed by atoms with Crippen LogP contribution in [0.1, 0.15) is 6.92 Å². The summed E-state index contributed by atoms with van der Waals surface area (Å²) in [6, 6.07) is 22.8. The molecule has 1 N–H and O–H groups in total. The maximum absolute atomic E-state index is 12.9. The number of fused-ring (bicyclic) bond motifs is 1. The number of benzene rings is 2. The summed E-state index contributed by atoms with van der Waals surface area (Å²) in [5.41, 5.74) is 3.00. The van der Waals surface area contributed by atoms with E-state index in [4.69, 9.17) is 14.7 Å². The Bertz CT molecular complexity index is 1770. The van der Waals surface area contributed by atoms with Crippen molar-refractivity contribution in [2.45, 2.75) is 11.8 Å². The molecule has 0 saturated carbocycles. The molecule has 0 aliphatic rings. The predicted molar refractivity (Wildman–Crippen MR) is 152 cm³/mol. The van der Waals surface area contributed by atoms with Crippen molar-refractivity contribution >= 4 is 38.5 Å². The van der Waals surface area contributed by atoms with Gasteiger partial charge in [-0.1, -0.05) is 48.5 Å². The van der Waals surface area contributed by atoms with Gasteiger partial charge in [0, 0.05) is 31.2 Å². The largest absolute Gasteiger partial charge is 0.465 e. The van der Waals surface area contributed by atoms with Crippen LogP contribution in [0.25, 0.3) is 33.4 Å². The first-order valence-corrected chi connectivity index (χ1v) is 14.0. The number of nitrogens with one attached hydrogen (secondary N) is 1. The number of esters is 1. The number of aromatic nitrogens is 4. The Hall–Kier alpha value is -4.74. The van der Waals surface area contributed by atoms with E-state index in [1.54, 1.807) is 13.1 Å². The lowest BCUT2D eigenvalue weighted by Gasteiger charge is -2.21. The first-order chi connectivity index (χ1) is 19.4. The molecule has 5 rings (SSSR count). The molecule has 0 aliphatic heterocycles. The van der Waals surface area contributed by atoms with Crippen LogP contribution in [0.3, 0.4) is 0 Å². The number of anilines is 2. The number of nitrogens with zero attached hydrogens (tertiary/aromatic N) is 5. The highest BCUT2D eigenvalue weighted by Crippen LogP contribution is 2.37. The molecule has 0 saturated heterocycles. The normalized spacial score (nSPS) is 11.3. The van der Waals surface area contributed by atoms with Gasteiger partial charge in [0.15, 0.2) is 5.82 Å². The fourth-order valence-corrected chi connectivity index (χ4v) is 5.15. The van der Waals surface area contributed by atoms with Crippen LogP contribution in [0.4, 0.5) is 11.6 Å². The van der Waals surface area contributed by atoms with Gasteiger partial charge in [0.05, 0.1) is 17.5 Å². The lowest BCUT2D eigenvalue weighted by atomic mass is 10.0. The van der Waals surface area contributed by atoms with Gasteiger partial charge >= 0.3 is 5.97 Å². The molecule has 0 unspecified atom stereocenters. The van der Waals surface area contributed by atoms with Crippen molar-refractivity contribution in [2.75, 3.05) is 25.1 Å². The average Bonchev–Trinajstić information content (AvgIpc) is 3.00. The second-order valence-electron chi connectivity index (χ2n) is 8.72. The quantitative estimate of drug-likeness (QED) is 0.264. The fourth-order valence-electron chi connectivity index (χ4n) is 4.19. The Balaban J connectivity index is 1.64. The number of carbonyl (C=O) groups excluding carboxylic acids is 1. The van der Waals surface area contributed by atoms with E-state index in [0.29, 0.717) is 22.7 Å². The maximum Gasteiger partial charge on any atom is 0.321 e. The first kappa shape index (κ1) is 26.9. The molecule has 11 heteroatoms. The van der Waals surface area contributed by atoms with Gasteiger partial charge in [-0.05, 0) is 42.3 Å². The zero-order valence-electron chi connectivity index (χ0n) is 21.9.